The van der Waals surface area contributed by atoms with E-state index in [0.29, 0.717) is 0 Å². The van der Waals surface area contributed by atoms with Gasteiger partial charge in [0.05, 0.1) is 0 Å². The first kappa shape index (κ1) is 2.17. The van der Waals surface area contributed by atoms with Crippen molar-refractivity contribution in [3.63, 3.8) is 0 Å². The summed E-state index contributed by atoms with van der Waals surface area (Å²) in [5, 5.41) is 2.44. The van der Waals surface area contributed by atoms with Crippen LogP contribution in [0.5, 0.6) is 0 Å². The number of hydrogen-bond donors (Lipinski definition) is 1. The summed E-state index contributed by atoms with van der Waals surface area (Å²) in [5.74, 6) is 2.54. The molecule has 0 aromatic heterocycles. The normalized spacial score (nSPS) is 6.75. The van der Waals surface area contributed by atoms with E-state index in [1.807, 2.05) is 0 Å². The maximum absolute atomic E-state index is 6.35. The summed E-state index contributed by atoms with van der Waals surface area (Å²) < 4.78 is 6.35. The van der Waals surface area contributed by atoms with Gasteiger partial charge in [0.2, 0.25) is 0 Å². The number of hydrogen-bond acceptors (Lipinski definition) is 1. The minimum absolute atomic E-state index is 0.791. The highest BCUT2D eigenvalue weighted by Gasteiger charge is 1.27. The molecule has 0 bridgehead atoms. The molecule has 0 saturated heterocycles. The Hall–Kier alpha value is -0.0900. The van der Waals surface area contributed by atoms with Crippen molar-refractivity contribution in [2.75, 3.05) is 0 Å². The molecule has 0 amide bonds. The van der Waals surface area contributed by atoms with Gasteiger partial charge >= 0.3 is 0 Å². The van der Waals surface area contributed by atoms with Crippen LogP contribution in [-0.2, 0) is 0 Å². The highest BCUT2D eigenvalue weighted by Crippen LogP contribution is 1.54. The Morgan fingerprint density at radius 2 is 3.00 bits per heavy atom. The summed E-state index contributed by atoms with van der Waals surface area (Å²) >= 11 is 0.791. The Labute approximate surface area is 32.7 Å². The first-order valence-corrected chi connectivity index (χ1v) is 1.36. The van der Waals surface area contributed by atoms with Gasteiger partial charge in [-0.25, -0.2) is 0 Å². The van der Waals surface area contributed by atoms with Gasteiger partial charge in [-0.2, -0.15) is 0 Å². The molecule has 0 spiro atoms. The predicted octanol–water partition coefficient (Wildman–Crippen LogP) is 0.897. The van der Waals surface area contributed by atoms with Crippen molar-refractivity contribution in [1.29, 1.82) is 1.12 Å². The quantitative estimate of drug-likeness (QED) is 0.319. The third kappa shape index (κ3) is 1.91. The van der Waals surface area contributed by atoms with Crippen LogP contribution in [0.4, 0.5) is 0 Å². The molecular formula is C3H4S. The predicted molar refractivity (Wildman–Crippen MR) is 22.4 cm³/mol. The van der Waals surface area contributed by atoms with Gasteiger partial charge in [-0.05, 0) is 12.2 Å². The first-order valence-electron chi connectivity index (χ1n) is 1.36. The molecule has 0 aliphatic rings. The van der Waals surface area contributed by atoms with E-state index in [-0.39, 0.29) is 0 Å². The minimum atomic E-state index is 0.791. The summed E-state index contributed by atoms with van der Waals surface area (Å²) in [7, 11) is 0. The first-order chi connectivity index (χ1) is 2.41. The van der Waals surface area contributed by atoms with Gasteiger partial charge in [0.15, 0.2) is 0 Å². The zero-order valence-electron chi connectivity index (χ0n) is 3.41. The summed E-state index contributed by atoms with van der Waals surface area (Å²) in [5.41, 5.74) is 0. The summed E-state index contributed by atoms with van der Waals surface area (Å²) in [6, 6.07) is 0. The molecule has 0 aliphatic carbocycles. The third-order valence-corrected chi connectivity index (χ3v) is 0.306. The van der Waals surface area contributed by atoms with Gasteiger partial charge in [-0.15, -0.1) is 0 Å². The maximum atomic E-state index is 6.35. The van der Waals surface area contributed by atoms with Crippen molar-refractivity contribution in [3.05, 3.63) is 0 Å². The van der Waals surface area contributed by atoms with Crippen LogP contribution in [0.3, 0.4) is 0 Å². The lowest BCUT2D eigenvalue weighted by Crippen LogP contribution is -1.22. The van der Waals surface area contributed by atoms with E-state index >= 15 is 0 Å². The van der Waals surface area contributed by atoms with Crippen LogP contribution in [0, 0.1) is 11.2 Å². The van der Waals surface area contributed by atoms with Crippen LogP contribution < -0.4 is 0 Å². The molecule has 0 aromatic rings. The molecule has 0 saturated carbocycles. The van der Waals surface area contributed by atoms with Crippen molar-refractivity contribution in [3.8, 4) is 11.2 Å². The van der Waals surface area contributed by atoms with E-state index < -0.39 is 0 Å². The zero-order chi connectivity index (χ0) is 4.12. The average molecular weight is 73.1 g/mol. The van der Waals surface area contributed by atoms with E-state index in [4.69, 9.17) is 1.12 Å². The molecule has 0 atom stereocenters. The minimum Gasteiger partial charge on any atom is -0.0949 e. The van der Waals surface area contributed by atoms with Crippen LogP contribution in [0.1, 0.15) is 6.92 Å². The molecule has 0 rings (SSSR count). The van der Waals surface area contributed by atoms with Crippen LogP contribution in [0.15, 0.2) is 0 Å². The molecule has 0 fully saturated rings. The van der Waals surface area contributed by atoms with Gasteiger partial charge in [0, 0.05) is 0 Å². The van der Waals surface area contributed by atoms with Gasteiger partial charge in [-0.1, -0.05) is 18.5 Å². The fourth-order valence-corrected chi connectivity index (χ4v) is 0. The molecule has 0 unspecified atom stereocenters. The summed E-state index contributed by atoms with van der Waals surface area (Å²) in [6.45, 7) is 1.71. The van der Waals surface area contributed by atoms with Gasteiger partial charge in [-0.3, -0.25) is 0 Å². The van der Waals surface area contributed by atoms with Crippen molar-refractivity contribution in [2.24, 2.45) is 0 Å². The Morgan fingerprint density at radius 3 is 3.00 bits per heavy atom. The lowest BCUT2D eigenvalue weighted by atomic mass is 10.9. The lowest BCUT2D eigenvalue weighted by molar-refractivity contribution is 1.94. The second-order valence-corrected chi connectivity index (χ2v) is 0.556. The molecule has 22 valence electrons. The van der Waals surface area contributed by atoms with Crippen LogP contribution in [-0.4, -0.2) is 1.12 Å². The van der Waals surface area contributed by atoms with E-state index in [2.05, 4.69) is 11.2 Å². The Morgan fingerprint density at radius 1 is 2.25 bits per heavy atom. The number of thiol groups is 1. The molecule has 0 heterocycles. The third-order valence-electron chi connectivity index (χ3n) is 0.102. The second kappa shape index (κ2) is 2.91. The molecule has 0 aromatic carbocycles. The number of rotatable bonds is 0. The maximum Gasteiger partial charge on any atom is 0.117 e. The topological polar surface area (TPSA) is 0 Å². The Kier molecular flexibility index (Phi) is 1.58. The van der Waals surface area contributed by atoms with Crippen LogP contribution in [0.25, 0.3) is 0 Å². The van der Waals surface area contributed by atoms with Crippen molar-refractivity contribution in [1.82, 2.24) is 0 Å². The highest BCUT2D eigenvalue weighted by molar-refractivity contribution is 7.85. The molecular weight excluding hydrogens is 68.1 g/mol. The van der Waals surface area contributed by atoms with Gasteiger partial charge in [0.1, 0.15) is 1.12 Å². The smallest absolute Gasteiger partial charge is 0.0949 e. The summed E-state index contributed by atoms with van der Waals surface area (Å²) in [6.07, 6.45) is 0. The van der Waals surface area contributed by atoms with E-state index in [1.54, 1.807) is 6.92 Å². The van der Waals surface area contributed by atoms with Crippen molar-refractivity contribution < 1.29 is 0 Å². The molecule has 0 nitrogen and oxygen atoms in total. The Bertz CT molecular complexity index is 59.0. The van der Waals surface area contributed by atoms with Crippen LogP contribution in [0.2, 0.25) is 0 Å². The second-order valence-electron chi connectivity index (χ2n) is 0.352. The largest absolute Gasteiger partial charge is 0.117 e. The molecule has 0 N–H and O–H groups in total. The van der Waals surface area contributed by atoms with Gasteiger partial charge < -0.3 is 0 Å². The SMILES string of the molecule is [2H]SC#CC. The van der Waals surface area contributed by atoms with E-state index in [9.17, 15) is 0 Å². The molecule has 0 aliphatic heterocycles. The van der Waals surface area contributed by atoms with Crippen molar-refractivity contribution in [2.45, 2.75) is 6.92 Å². The zero-order valence-corrected chi connectivity index (χ0v) is 3.22. The lowest BCUT2D eigenvalue weighted by Gasteiger charge is -1.39. The summed E-state index contributed by atoms with van der Waals surface area (Å²) in [4.78, 5) is 0. The van der Waals surface area contributed by atoms with Crippen LogP contribution >= 0.6 is 12.5 Å². The van der Waals surface area contributed by atoms with E-state index in [0.717, 1.165) is 12.5 Å². The molecule has 4 heavy (non-hydrogen) atoms. The fourth-order valence-electron chi connectivity index (χ4n) is 0. The van der Waals surface area contributed by atoms with Gasteiger partial charge in [0.25, 0.3) is 0 Å². The monoisotopic (exact) mass is 73.0 g/mol. The Balaban J connectivity index is 2.81. The fraction of sp³-hybridized carbons (Fsp3) is 0.333. The standard InChI is InChI=1S/C3H4S/c1-2-3-4/h4H,1H3/i/hD. The van der Waals surface area contributed by atoms with Crippen molar-refractivity contribution >= 4 is 12.5 Å². The molecule has 0 radical (unpaired) electrons. The highest BCUT2D eigenvalue weighted by atomic mass is 32.1. The van der Waals surface area contributed by atoms with E-state index in [1.165, 1.54) is 0 Å². The average Bonchev–Trinajstić information content (AvgIpc) is 1.41. The molecule has 1 heteroatoms.